The lowest BCUT2D eigenvalue weighted by atomic mass is 10.7. The molecule has 7 nitrogen and oxygen atoms in total. The Labute approximate surface area is 93.4 Å². The van der Waals surface area contributed by atoms with Gasteiger partial charge in [-0.15, -0.1) is 0 Å². The van der Waals surface area contributed by atoms with Crippen LogP contribution in [0.5, 0.6) is 0 Å². The van der Waals surface area contributed by atoms with E-state index in [1.807, 2.05) is 6.92 Å². The van der Waals surface area contributed by atoms with Crippen LogP contribution in [-0.2, 0) is 26.1 Å². The van der Waals surface area contributed by atoms with E-state index in [0.29, 0.717) is 6.54 Å². The predicted octanol–water partition coefficient (Wildman–Crippen LogP) is -0.646. The monoisotopic (exact) mass is 247 g/mol. The number of nitrogens with zero attached hydrogens (tertiary/aromatic N) is 2. The number of rotatable bonds is 5. The summed E-state index contributed by atoms with van der Waals surface area (Å²) < 4.78 is 31.1. The number of nitrogens with one attached hydrogen (secondary N) is 1. The Kier molecular flexibility index (Phi) is 4.02. The first-order valence-corrected chi connectivity index (χ1v) is 6.07. The third kappa shape index (κ3) is 3.04. The zero-order valence-corrected chi connectivity index (χ0v) is 9.82. The van der Waals surface area contributed by atoms with Crippen molar-refractivity contribution in [2.75, 3.05) is 13.7 Å². The fourth-order valence-corrected chi connectivity index (χ4v) is 1.89. The highest BCUT2D eigenvalue weighted by molar-refractivity contribution is 7.89. The third-order valence-corrected chi connectivity index (χ3v) is 3.23. The maximum Gasteiger partial charge on any atom is 0.320 e. The molecule has 0 aromatic carbocycles. The standard InChI is InChI=1S/C8H13N3O4S/c1-3-11-6-7(4-9-11)16(13,14)10-5-8(12)15-2/h4,6,10H,3,5H2,1-2H3. The van der Waals surface area contributed by atoms with E-state index in [1.54, 1.807) is 0 Å². The molecule has 0 spiro atoms. The summed E-state index contributed by atoms with van der Waals surface area (Å²) in [6, 6.07) is 0. The first-order chi connectivity index (χ1) is 7.49. The molecule has 0 aliphatic carbocycles. The van der Waals surface area contributed by atoms with Crippen molar-refractivity contribution in [3.05, 3.63) is 12.4 Å². The number of hydrogen-bond acceptors (Lipinski definition) is 5. The maximum atomic E-state index is 11.6. The number of ether oxygens (including phenoxy) is 1. The van der Waals surface area contributed by atoms with Crippen LogP contribution in [0.3, 0.4) is 0 Å². The molecule has 0 fully saturated rings. The van der Waals surface area contributed by atoms with E-state index in [1.165, 1.54) is 24.2 Å². The van der Waals surface area contributed by atoms with Crippen LogP contribution in [-0.4, -0.2) is 37.8 Å². The summed E-state index contributed by atoms with van der Waals surface area (Å²) >= 11 is 0. The number of hydrogen-bond donors (Lipinski definition) is 1. The Morgan fingerprint density at radius 1 is 1.62 bits per heavy atom. The maximum absolute atomic E-state index is 11.6. The second kappa shape index (κ2) is 5.08. The molecule has 0 bridgehead atoms. The molecule has 1 rings (SSSR count). The Balaban J connectivity index is 2.74. The molecule has 1 N–H and O–H groups in total. The van der Waals surface area contributed by atoms with Gasteiger partial charge in [0.2, 0.25) is 10.0 Å². The van der Waals surface area contributed by atoms with Crippen molar-refractivity contribution in [3.8, 4) is 0 Å². The molecule has 0 atom stereocenters. The van der Waals surface area contributed by atoms with Crippen LogP contribution in [0.15, 0.2) is 17.3 Å². The first-order valence-electron chi connectivity index (χ1n) is 4.58. The molecule has 1 aromatic rings. The lowest BCUT2D eigenvalue weighted by molar-refractivity contribution is -0.139. The van der Waals surface area contributed by atoms with Crippen molar-refractivity contribution in [1.29, 1.82) is 0 Å². The van der Waals surface area contributed by atoms with E-state index >= 15 is 0 Å². The summed E-state index contributed by atoms with van der Waals surface area (Å²) in [5, 5.41) is 3.83. The Morgan fingerprint density at radius 2 is 2.31 bits per heavy atom. The molecule has 1 aromatic heterocycles. The molecular weight excluding hydrogens is 234 g/mol. The van der Waals surface area contributed by atoms with Gasteiger partial charge in [-0.2, -0.15) is 9.82 Å². The van der Waals surface area contributed by atoms with E-state index in [-0.39, 0.29) is 4.90 Å². The molecule has 16 heavy (non-hydrogen) atoms. The number of aromatic nitrogens is 2. The van der Waals surface area contributed by atoms with Gasteiger partial charge in [-0.1, -0.05) is 0 Å². The van der Waals surface area contributed by atoms with Gasteiger partial charge >= 0.3 is 5.97 Å². The molecule has 0 saturated carbocycles. The molecule has 0 aliphatic heterocycles. The van der Waals surface area contributed by atoms with Crippen LogP contribution < -0.4 is 4.72 Å². The van der Waals surface area contributed by atoms with E-state index in [4.69, 9.17) is 0 Å². The molecule has 0 amide bonds. The van der Waals surface area contributed by atoms with Crippen LogP contribution in [0.25, 0.3) is 0 Å². The fraction of sp³-hybridized carbons (Fsp3) is 0.500. The van der Waals surface area contributed by atoms with Crippen molar-refractivity contribution in [1.82, 2.24) is 14.5 Å². The van der Waals surface area contributed by atoms with Crippen molar-refractivity contribution < 1.29 is 17.9 Å². The van der Waals surface area contributed by atoms with E-state index in [2.05, 4.69) is 14.6 Å². The number of esters is 1. The highest BCUT2D eigenvalue weighted by Crippen LogP contribution is 2.06. The van der Waals surface area contributed by atoms with Crippen LogP contribution >= 0.6 is 0 Å². The van der Waals surface area contributed by atoms with Gasteiger partial charge in [-0.25, -0.2) is 8.42 Å². The van der Waals surface area contributed by atoms with Gasteiger partial charge in [0.05, 0.1) is 13.3 Å². The number of carbonyl (C=O) groups is 1. The summed E-state index contributed by atoms with van der Waals surface area (Å²) in [4.78, 5) is 10.8. The minimum atomic E-state index is -3.69. The van der Waals surface area contributed by atoms with Crippen molar-refractivity contribution in [3.63, 3.8) is 0 Å². The number of methoxy groups -OCH3 is 1. The van der Waals surface area contributed by atoms with Crippen molar-refractivity contribution in [2.24, 2.45) is 0 Å². The summed E-state index contributed by atoms with van der Waals surface area (Å²) in [6.45, 7) is 2.02. The lowest BCUT2D eigenvalue weighted by Gasteiger charge is -2.02. The van der Waals surface area contributed by atoms with Gasteiger partial charge in [0.25, 0.3) is 0 Å². The minimum absolute atomic E-state index is 0.0262. The zero-order chi connectivity index (χ0) is 12.2. The second-order valence-corrected chi connectivity index (χ2v) is 4.70. The molecule has 0 saturated heterocycles. The molecule has 90 valence electrons. The lowest BCUT2D eigenvalue weighted by Crippen LogP contribution is -2.30. The van der Waals surface area contributed by atoms with Crippen molar-refractivity contribution >= 4 is 16.0 Å². The number of carbonyl (C=O) groups excluding carboxylic acids is 1. The molecular formula is C8H13N3O4S. The Bertz CT molecular complexity index is 465. The van der Waals surface area contributed by atoms with Gasteiger partial charge < -0.3 is 4.74 Å². The normalized spacial score (nSPS) is 11.4. The SMILES string of the molecule is CCn1cc(S(=O)(=O)NCC(=O)OC)cn1. The van der Waals surface area contributed by atoms with E-state index in [9.17, 15) is 13.2 Å². The van der Waals surface area contributed by atoms with Gasteiger partial charge in [-0.05, 0) is 6.92 Å². The summed E-state index contributed by atoms with van der Waals surface area (Å²) in [6.07, 6.45) is 2.61. The number of aryl methyl sites for hydroxylation is 1. The highest BCUT2D eigenvalue weighted by Gasteiger charge is 2.17. The van der Waals surface area contributed by atoms with Crippen LogP contribution in [0.4, 0.5) is 0 Å². The van der Waals surface area contributed by atoms with Gasteiger partial charge in [0.1, 0.15) is 11.4 Å². The Hall–Kier alpha value is -1.41. The van der Waals surface area contributed by atoms with Gasteiger partial charge in [-0.3, -0.25) is 9.48 Å². The largest absolute Gasteiger partial charge is 0.468 e. The topological polar surface area (TPSA) is 90.3 Å². The summed E-state index contributed by atoms with van der Waals surface area (Å²) in [7, 11) is -2.50. The average molecular weight is 247 g/mol. The van der Waals surface area contributed by atoms with Crippen molar-refractivity contribution in [2.45, 2.75) is 18.4 Å². The quantitative estimate of drug-likeness (QED) is 0.698. The second-order valence-electron chi connectivity index (χ2n) is 2.93. The summed E-state index contributed by atoms with van der Waals surface area (Å²) in [5.41, 5.74) is 0. The van der Waals surface area contributed by atoms with Crippen LogP contribution in [0.2, 0.25) is 0 Å². The zero-order valence-electron chi connectivity index (χ0n) is 9.00. The fourth-order valence-electron chi connectivity index (χ4n) is 0.966. The molecule has 0 unspecified atom stereocenters. The number of sulfonamides is 1. The predicted molar refractivity (Wildman–Crippen MR) is 55.1 cm³/mol. The summed E-state index contributed by atoms with van der Waals surface area (Å²) in [5.74, 6) is -0.647. The van der Waals surface area contributed by atoms with E-state index < -0.39 is 22.5 Å². The smallest absolute Gasteiger partial charge is 0.320 e. The van der Waals surface area contributed by atoms with Crippen LogP contribution in [0.1, 0.15) is 6.92 Å². The van der Waals surface area contributed by atoms with Gasteiger partial charge in [0, 0.05) is 12.7 Å². The third-order valence-electron chi connectivity index (χ3n) is 1.88. The highest BCUT2D eigenvalue weighted by atomic mass is 32.2. The molecule has 8 heteroatoms. The van der Waals surface area contributed by atoms with Gasteiger partial charge in [0.15, 0.2) is 0 Å². The average Bonchev–Trinajstić information content (AvgIpc) is 2.75. The minimum Gasteiger partial charge on any atom is -0.468 e. The van der Waals surface area contributed by atoms with E-state index in [0.717, 1.165) is 0 Å². The molecule has 1 heterocycles. The van der Waals surface area contributed by atoms with Crippen LogP contribution in [0, 0.1) is 0 Å². The molecule has 0 radical (unpaired) electrons. The molecule has 0 aliphatic rings. The first kappa shape index (κ1) is 12.7. The Morgan fingerprint density at radius 3 is 2.81 bits per heavy atom.